The fourth-order valence-electron chi connectivity index (χ4n) is 1.69. The summed E-state index contributed by atoms with van der Waals surface area (Å²) in [4.78, 5) is 11.8. The molecule has 0 radical (unpaired) electrons. The molecule has 2 aromatic rings. The van der Waals surface area contributed by atoms with Crippen LogP contribution in [0.15, 0.2) is 28.7 Å². The van der Waals surface area contributed by atoms with Gasteiger partial charge in [-0.25, -0.2) is 0 Å². The second kappa shape index (κ2) is 5.44. The summed E-state index contributed by atoms with van der Waals surface area (Å²) < 4.78 is 5.47. The summed E-state index contributed by atoms with van der Waals surface area (Å²) in [7, 11) is 0. The minimum Gasteiger partial charge on any atom is -0.451 e. The molecular weight excluding hydrogens is 250 g/mol. The van der Waals surface area contributed by atoms with Crippen LogP contribution in [0.1, 0.15) is 30.8 Å². The molecule has 1 aromatic carbocycles. The van der Waals surface area contributed by atoms with Crippen molar-refractivity contribution < 1.29 is 9.21 Å². The number of hydrogen-bond acceptors (Lipinski definition) is 2. The van der Waals surface area contributed by atoms with E-state index in [1.807, 2.05) is 0 Å². The summed E-state index contributed by atoms with van der Waals surface area (Å²) >= 11 is 5.88. The van der Waals surface area contributed by atoms with E-state index in [4.69, 9.17) is 16.0 Å². The van der Waals surface area contributed by atoms with Gasteiger partial charge in [0, 0.05) is 17.0 Å². The summed E-state index contributed by atoms with van der Waals surface area (Å²) in [6.07, 6.45) is 0.956. The first-order valence-electron chi connectivity index (χ1n) is 6.03. The Bertz CT molecular complexity index is 560. The first kappa shape index (κ1) is 13.0. The fraction of sp³-hybridized carbons (Fsp3) is 0.357. The monoisotopic (exact) mass is 265 g/mol. The molecule has 0 aliphatic heterocycles. The Morgan fingerprint density at radius 3 is 2.89 bits per heavy atom. The van der Waals surface area contributed by atoms with E-state index in [2.05, 4.69) is 19.2 Å². The molecule has 96 valence electrons. The molecule has 1 N–H and O–H groups in total. The minimum atomic E-state index is -0.178. The number of fused-ring (bicyclic) bond motifs is 1. The quantitative estimate of drug-likeness (QED) is 0.912. The van der Waals surface area contributed by atoms with Crippen molar-refractivity contribution in [2.24, 2.45) is 5.92 Å². The molecule has 0 aliphatic carbocycles. The summed E-state index contributed by atoms with van der Waals surface area (Å²) in [6.45, 7) is 4.90. The Labute approximate surface area is 111 Å². The molecule has 2 rings (SSSR count). The number of hydrogen-bond donors (Lipinski definition) is 1. The van der Waals surface area contributed by atoms with Crippen LogP contribution in [-0.4, -0.2) is 12.5 Å². The number of halogens is 1. The topological polar surface area (TPSA) is 42.2 Å². The molecule has 4 heteroatoms. The van der Waals surface area contributed by atoms with E-state index in [1.54, 1.807) is 24.3 Å². The second-order valence-electron chi connectivity index (χ2n) is 4.73. The zero-order valence-electron chi connectivity index (χ0n) is 10.5. The lowest BCUT2D eigenvalue weighted by Crippen LogP contribution is -2.24. The van der Waals surface area contributed by atoms with Crippen LogP contribution < -0.4 is 5.32 Å². The first-order valence-corrected chi connectivity index (χ1v) is 6.41. The highest BCUT2D eigenvalue weighted by atomic mass is 35.5. The molecule has 0 bridgehead atoms. The van der Waals surface area contributed by atoms with Crippen LogP contribution in [0.2, 0.25) is 5.02 Å². The van der Waals surface area contributed by atoms with Gasteiger partial charge in [0.2, 0.25) is 0 Å². The smallest absolute Gasteiger partial charge is 0.287 e. The molecule has 0 aliphatic rings. The number of benzene rings is 1. The number of carbonyl (C=O) groups excluding carboxylic acids is 1. The lowest BCUT2D eigenvalue weighted by molar-refractivity contribution is 0.0926. The van der Waals surface area contributed by atoms with E-state index in [0.717, 1.165) is 11.8 Å². The van der Waals surface area contributed by atoms with Crippen LogP contribution in [0.4, 0.5) is 0 Å². The maximum atomic E-state index is 11.8. The lowest BCUT2D eigenvalue weighted by atomic mass is 10.1. The Kier molecular flexibility index (Phi) is 3.92. The summed E-state index contributed by atoms with van der Waals surface area (Å²) in [5, 5.41) is 4.32. The zero-order valence-corrected chi connectivity index (χ0v) is 11.3. The molecule has 0 spiro atoms. The normalized spacial score (nSPS) is 11.1. The lowest BCUT2D eigenvalue weighted by Gasteiger charge is -2.04. The van der Waals surface area contributed by atoms with Gasteiger partial charge in [0.25, 0.3) is 5.91 Å². The third-order valence-corrected chi connectivity index (χ3v) is 2.94. The van der Waals surface area contributed by atoms with E-state index < -0.39 is 0 Å². The van der Waals surface area contributed by atoms with Crippen molar-refractivity contribution in [3.8, 4) is 0 Å². The van der Waals surface area contributed by atoms with E-state index in [9.17, 15) is 4.79 Å². The molecule has 0 atom stereocenters. The molecular formula is C14H16ClNO2. The van der Waals surface area contributed by atoms with Crippen molar-refractivity contribution in [3.05, 3.63) is 35.0 Å². The minimum absolute atomic E-state index is 0.178. The molecule has 0 saturated carbocycles. The molecule has 3 nitrogen and oxygen atoms in total. The highest BCUT2D eigenvalue weighted by Gasteiger charge is 2.11. The largest absolute Gasteiger partial charge is 0.451 e. The third kappa shape index (κ3) is 3.05. The number of nitrogens with one attached hydrogen (secondary N) is 1. The average molecular weight is 266 g/mol. The van der Waals surface area contributed by atoms with Crippen LogP contribution in [0.3, 0.4) is 0 Å². The van der Waals surface area contributed by atoms with Crippen LogP contribution in [0.25, 0.3) is 11.0 Å². The molecule has 1 heterocycles. The van der Waals surface area contributed by atoms with Crippen LogP contribution in [-0.2, 0) is 0 Å². The van der Waals surface area contributed by atoms with Gasteiger partial charge in [0.1, 0.15) is 5.58 Å². The van der Waals surface area contributed by atoms with Crippen LogP contribution >= 0.6 is 11.6 Å². The highest BCUT2D eigenvalue weighted by Crippen LogP contribution is 2.22. The first-order chi connectivity index (χ1) is 8.56. The molecule has 0 saturated heterocycles. The molecule has 18 heavy (non-hydrogen) atoms. The Hall–Kier alpha value is -1.48. The van der Waals surface area contributed by atoms with E-state index >= 15 is 0 Å². The molecule has 0 fully saturated rings. The van der Waals surface area contributed by atoms with Gasteiger partial charge in [0.15, 0.2) is 5.76 Å². The summed E-state index contributed by atoms with van der Waals surface area (Å²) in [5.41, 5.74) is 0.674. The van der Waals surface area contributed by atoms with Crippen molar-refractivity contribution in [2.75, 3.05) is 6.54 Å². The second-order valence-corrected chi connectivity index (χ2v) is 5.17. The third-order valence-electron chi connectivity index (χ3n) is 2.71. The molecule has 1 aromatic heterocycles. The van der Waals surface area contributed by atoms with Gasteiger partial charge in [-0.05, 0) is 36.6 Å². The van der Waals surface area contributed by atoms with Crippen molar-refractivity contribution in [1.29, 1.82) is 0 Å². The highest BCUT2D eigenvalue weighted by molar-refractivity contribution is 6.31. The van der Waals surface area contributed by atoms with Crippen LogP contribution in [0, 0.1) is 5.92 Å². The maximum Gasteiger partial charge on any atom is 0.287 e. The number of carbonyl (C=O) groups is 1. The van der Waals surface area contributed by atoms with Gasteiger partial charge < -0.3 is 9.73 Å². The fourth-order valence-corrected chi connectivity index (χ4v) is 1.87. The molecule has 0 unspecified atom stereocenters. The van der Waals surface area contributed by atoms with Crippen LogP contribution in [0.5, 0.6) is 0 Å². The summed E-state index contributed by atoms with van der Waals surface area (Å²) in [6, 6.07) is 7.01. The van der Waals surface area contributed by atoms with Crippen molar-refractivity contribution in [1.82, 2.24) is 5.32 Å². The van der Waals surface area contributed by atoms with E-state index in [-0.39, 0.29) is 5.91 Å². The van der Waals surface area contributed by atoms with E-state index in [1.165, 1.54) is 0 Å². The average Bonchev–Trinajstić information content (AvgIpc) is 2.71. The van der Waals surface area contributed by atoms with Gasteiger partial charge in [-0.1, -0.05) is 25.4 Å². The number of furan rings is 1. The standard InChI is InChI=1S/C14H16ClNO2/c1-9(2)5-6-16-14(17)13-8-10-7-11(15)3-4-12(10)18-13/h3-4,7-9H,5-6H2,1-2H3,(H,16,17). The Balaban J connectivity index is 2.08. The molecule has 1 amide bonds. The van der Waals surface area contributed by atoms with Crippen molar-refractivity contribution >= 4 is 28.5 Å². The maximum absolute atomic E-state index is 11.8. The Morgan fingerprint density at radius 1 is 1.39 bits per heavy atom. The predicted octanol–water partition coefficient (Wildman–Crippen LogP) is 3.86. The Morgan fingerprint density at radius 2 is 2.17 bits per heavy atom. The van der Waals surface area contributed by atoms with Gasteiger partial charge in [-0.3, -0.25) is 4.79 Å². The predicted molar refractivity (Wildman–Crippen MR) is 73.0 cm³/mol. The van der Waals surface area contributed by atoms with Crippen molar-refractivity contribution in [3.63, 3.8) is 0 Å². The zero-order chi connectivity index (χ0) is 13.1. The number of amides is 1. The van der Waals surface area contributed by atoms with Gasteiger partial charge >= 0.3 is 0 Å². The summed E-state index contributed by atoms with van der Waals surface area (Å²) in [5.74, 6) is 0.721. The van der Waals surface area contributed by atoms with Gasteiger partial charge in [0.05, 0.1) is 0 Å². The van der Waals surface area contributed by atoms with Gasteiger partial charge in [-0.15, -0.1) is 0 Å². The number of rotatable bonds is 4. The van der Waals surface area contributed by atoms with Crippen molar-refractivity contribution in [2.45, 2.75) is 20.3 Å². The van der Waals surface area contributed by atoms with E-state index in [0.29, 0.717) is 28.8 Å². The van der Waals surface area contributed by atoms with Gasteiger partial charge in [-0.2, -0.15) is 0 Å². The SMILES string of the molecule is CC(C)CCNC(=O)c1cc2cc(Cl)ccc2o1.